The number of halogens is 1. The van der Waals surface area contributed by atoms with Gasteiger partial charge in [0.15, 0.2) is 0 Å². The minimum atomic E-state index is -2.01. The molecule has 0 saturated heterocycles. The summed E-state index contributed by atoms with van der Waals surface area (Å²) in [4.78, 5) is 36.3. The molecule has 8 nitrogen and oxygen atoms in total. The number of hydrogen-bond donors (Lipinski definition) is 1. The number of amides is 2. The van der Waals surface area contributed by atoms with Gasteiger partial charge >= 0.3 is 17.9 Å². The molecule has 0 aliphatic carbocycles. The van der Waals surface area contributed by atoms with Crippen LogP contribution in [0.5, 0.6) is 5.75 Å². The number of benzene rings is 2. The van der Waals surface area contributed by atoms with Gasteiger partial charge in [-0.25, -0.2) is 4.39 Å². The first-order chi connectivity index (χ1) is 13.4. The number of carbonyl (C=O) groups excluding carboxylic acids is 2. The van der Waals surface area contributed by atoms with Crippen LogP contribution in [-0.2, 0) is 16.2 Å². The van der Waals surface area contributed by atoms with E-state index in [1.54, 1.807) is 42.5 Å². The molecule has 0 bridgehead atoms. The molecule has 0 saturated carbocycles. The van der Waals surface area contributed by atoms with Gasteiger partial charge in [-0.1, -0.05) is 30.3 Å². The fourth-order valence-corrected chi connectivity index (χ4v) is 2.42. The van der Waals surface area contributed by atoms with E-state index < -0.39 is 22.8 Å². The van der Waals surface area contributed by atoms with Crippen molar-refractivity contribution >= 4 is 23.7 Å². The number of ether oxygens (including phenoxy) is 1. The molecule has 0 radical (unpaired) electrons. The van der Waals surface area contributed by atoms with Crippen molar-refractivity contribution < 1.29 is 23.6 Å². The van der Waals surface area contributed by atoms with E-state index in [1.165, 1.54) is 18.2 Å². The van der Waals surface area contributed by atoms with Crippen LogP contribution in [0.15, 0.2) is 59.6 Å². The summed E-state index contributed by atoms with van der Waals surface area (Å²) in [6.45, 7) is 0.218. The fourth-order valence-electron chi connectivity index (χ4n) is 2.42. The number of nitrogens with zero attached hydrogens (tertiary/aromatic N) is 2. The fraction of sp³-hybridized carbons (Fsp3) is 0.105. The molecule has 9 heteroatoms. The van der Waals surface area contributed by atoms with Crippen LogP contribution >= 0.6 is 0 Å². The van der Waals surface area contributed by atoms with Crippen LogP contribution in [0.3, 0.4) is 0 Å². The lowest BCUT2D eigenvalue weighted by atomic mass is 10.2. The van der Waals surface area contributed by atoms with Crippen molar-refractivity contribution in [2.75, 3.05) is 0 Å². The molecule has 28 heavy (non-hydrogen) atoms. The molecule has 2 amide bonds. The largest absolute Gasteiger partial charge is 0.489 e. The molecular weight excluding hydrogens is 369 g/mol. The molecule has 1 unspecified atom stereocenters. The highest BCUT2D eigenvalue weighted by Crippen LogP contribution is 2.16. The Hall–Kier alpha value is -3.88. The number of nitro groups is 1. The minimum absolute atomic E-state index is 0.0699. The van der Waals surface area contributed by atoms with Gasteiger partial charge in [0.05, 0.1) is 0 Å². The number of amidine groups is 1. The van der Waals surface area contributed by atoms with E-state index in [4.69, 9.17) is 4.74 Å². The van der Waals surface area contributed by atoms with Crippen LogP contribution in [-0.4, -0.2) is 28.6 Å². The van der Waals surface area contributed by atoms with Crippen molar-refractivity contribution in [3.8, 4) is 5.75 Å². The van der Waals surface area contributed by atoms with Crippen molar-refractivity contribution in [1.29, 1.82) is 0 Å². The van der Waals surface area contributed by atoms with Crippen molar-refractivity contribution in [1.82, 2.24) is 5.32 Å². The Morgan fingerprint density at radius 3 is 2.57 bits per heavy atom. The quantitative estimate of drug-likeness (QED) is 0.467. The Bertz CT molecular complexity index is 985. The molecule has 3 rings (SSSR count). The summed E-state index contributed by atoms with van der Waals surface area (Å²) < 4.78 is 18.7. The summed E-state index contributed by atoms with van der Waals surface area (Å²) in [5, 5.41) is 12.9. The SMILES string of the molecule is O=C1N=C(/C=C/c2ccc(OCc3cccc(F)c3)cc2)NC(=O)C1[N+](=O)[O-]. The molecule has 0 spiro atoms. The zero-order valence-electron chi connectivity index (χ0n) is 14.4. The molecule has 1 heterocycles. The summed E-state index contributed by atoms with van der Waals surface area (Å²) in [6.07, 6.45) is 2.95. The van der Waals surface area contributed by atoms with Gasteiger partial charge in [-0.05, 0) is 41.5 Å². The molecule has 1 aliphatic heterocycles. The number of aliphatic imine (C=N–C) groups is 1. The summed E-state index contributed by atoms with van der Waals surface area (Å²) in [7, 11) is 0. The Labute approximate surface area is 158 Å². The first-order valence-electron chi connectivity index (χ1n) is 8.14. The van der Waals surface area contributed by atoms with Gasteiger partial charge in [-0.15, -0.1) is 0 Å². The van der Waals surface area contributed by atoms with Crippen LogP contribution in [0.4, 0.5) is 4.39 Å². The molecule has 1 atom stereocenters. The lowest BCUT2D eigenvalue weighted by Crippen LogP contribution is -2.50. The summed E-state index contributed by atoms with van der Waals surface area (Å²) in [5.74, 6) is -1.96. The normalized spacial score (nSPS) is 16.6. The monoisotopic (exact) mass is 383 g/mol. The maximum Gasteiger partial charge on any atom is 0.368 e. The number of nitrogens with one attached hydrogen (secondary N) is 1. The van der Waals surface area contributed by atoms with Crippen LogP contribution in [0.2, 0.25) is 0 Å². The lowest BCUT2D eigenvalue weighted by Gasteiger charge is -2.12. The highest BCUT2D eigenvalue weighted by atomic mass is 19.1. The number of carbonyl (C=O) groups is 2. The second-order valence-corrected chi connectivity index (χ2v) is 5.83. The third kappa shape index (κ3) is 4.64. The van der Waals surface area contributed by atoms with Gasteiger partial charge in [-0.2, -0.15) is 4.99 Å². The van der Waals surface area contributed by atoms with Crippen molar-refractivity contribution in [3.63, 3.8) is 0 Å². The first-order valence-corrected chi connectivity index (χ1v) is 8.14. The molecule has 0 aromatic heterocycles. The zero-order chi connectivity index (χ0) is 20.1. The highest BCUT2D eigenvalue weighted by molar-refractivity contribution is 6.21. The van der Waals surface area contributed by atoms with E-state index in [-0.39, 0.29) is 18.3 Å². The van der Waals surface area contributed by atoms with Gasteiger partial charge in [-0.3, -0.25) is 19.7 Å². The van der Waals surface area contributed by atoms with Gasteiger partial charge in [0, 0.05) is 4.92 Å². The van der Waals surface area contributed by atoms with E-state index in [0.717, 1.165) is 5.56 Å². The molecule has 2 aromatic carbocycles. The van der Waals surface area contributed by atoms with Gasteiger partial charge in [0.2, 0.25) is 0 Å². The van der Waals surface area contributed by atoms with Gasteiger partial charge in [0.1, 0.15) is 24.0 Å². The van der Waals surface area contributed by atoms with Gasteiger partial charge < -0.3 is 10.1 Å². The summed E-state index contributed by atoms with van der Waals surface area (Å²) in [6, 6.07) is 11.0. The smallest absolute Gasteiger partial charge is 0.368 e. The maximum absolute atomic E-state index is 13.1. The second kappa shape index (κ2) is 8.21. The van der Waals surface area contributed by atoms with E-state index in [2.05, 4.69) is 10.3 Å². The van der Waals surface area contributed by atoms with E-state index in [1.807, 2.05) is 0 Å². The predicted molar refractivity (Wildman–Crippen MR) is 97.6 cm³/mol. The third-order valence-electron chi connectivity index (χ3n) is 3.78. The Morgan fingerprint density at radius 1 is 1.18 bits per heavy atom. The van der Waals surface area contributed by atoms with Crippen molar-refractivity contribution in [3.05, 3.63) is 81.7 Å². The molecule has 1 aliphatic rings. The molecular formula is C19H14FN3O5. The Balaban J connectivity index is 1.61. The van der Waals surface area contributed by atoms with Gasteiger partial charge in [0.25, 0.3) is 0 Å². The first kappa shape index (κ1) is 18.9. The van der Waals surface area contributed by atoms with Crippen LogP contribution in [0.1, 0.15) is 11.1 Å². The highest BCUT2D eigenvalue weighted by Gasteiger charge is 2.41. The van der Waals surface area contributed by atoms with E-state index in [9.17, 15) is 24.1 Å². The standard InChI is InChI=1S/C19H14FN3O5/c20-14-3-1-2-13(10-14)11-28-15-7-4-12(5-8-15)6-9-16-21-18(24)17(23(26)27)19(25)22-16/h1-10,17H,11H2,(H,21,22,24,25)/b9-6+. The lowest BCUT2D eigenvalue weighted by molar-refractivity contribution is -0.493. The topological polar surface area (TPSA) is 111 Å². The molecule has 0 fully saturated rings. The zero-order valence-corrected chi connectivity index (χ0v) is 14.4. The number of rotatable bonds is 6. The average Bonchev–Trinajstić information content (AvgIpc) is 2.65. The Morgan fingerprint density at radius 2 is 1.93 bits per heavy atom. The predicted octanol–water partition coefficient (Wildman–Crippen LogP) is 2.12. The second-order valence-electron chi connectivity index (χ2n) is 5.83. The molecule has 2 aromatic rings. The van der Waals surface area contributed by atoms with Crippen LogP contribution < -0.4 is 10.1 Å². The van der Waals surface area contributed by atoms with Crippen LogP contribution in [0, 0.1) is 15.9 Å². The molecule has 1 N–H and O–H groups in total. The minimum Gasteiger partial charge on any atom is -0.489 e. The van der Waals surface area contributed by atoms with E-state index in [0.29, 0.717) is 11.3 Å². The third-order valence-corrected chi connectivity index (χ3v) is 3.78. The van der Waals surface area contributed by atoms with Crippen molar-refractivity contribution in [2.24, 2.45) is 4.99 Å². The Kier molecular flexibility index (Phi) is 5.54. The van der Waals surface area contributed by atoms with E-state index >= 15 is 0 Å². The van der Waals surface area contributed by atoms with Crippen LogP contribution in [0.25, 0.3) is 6.08 Å². The summed E-state index contributed by atoms with van der Waals surface area (Å²) in [5.41, 5.74) is 1.42. The average molecular weight is 383 g/mol. The maximum atomic E-state index is 13.1. The summed E-state index contributed by atoms with van der Waals surface area (Å²) >= 11 is 0. The number of hydrogen-bond acceptors (Lipinski definition) is 5. The van der Waals surface area contributed by atoms with Crippen molar-refractivity contribution in [2.45, 2.75) is 12.6 Å². The molecule has 142 valence electrons.